The molecule has 0 fully saturated rings. The summed E-state index contributed by atoms with van der Waals surface area (Å²) in [5, 5.41) is 3.04. The van der Waals surface area contributed by atoms with Gasteiger partial charge in [-0.1, -0.05) is 244 Å². The maximum atomic E-state index is 13.5. The third kappa shape index (κ3) is 51.2. The van der Waals surface area contributed by atoms with E-state index >= 15 is 0 Å². The van der Waals surface area contributed by atoms with Crippen molar-refractivity contribution in [1.82, 2.24) is 5.32 Å². The molecule has 3 unspecified atom stereocenters. The molecule has 0 aromatic heterocycles. The van der Waals surface area contributed by atoms with Crippen LogP contribution in [-0.4, -0.2) is 74.3 Å². The smallest absolute Gasteiger partial charge is 0.456 e. The molecule has 0 rings (SSSR count). The zero-order chi connectivity index (χ0) is 50.8. The van der Waals surface area contributed by atoms with Crippen molar-refractivity contribution >= 4 is 19.7 Å². The van der Waals surface area contributed by atoms with E-state index in [-0.39, 0.29) is 25.1 Å². The summed E-state index contributed by atoms with van der Waals surface area (Å²) >= 11 is 0. The molecule has 0 aliphatic carbocycles. The minimum Gasteiger partial charge on any atom is -0.456 e. The maximum Gasteiger partial charge on any atom is 0.472 e. The van der Waals surface area contributed by atoms with Gasteiger partial charge < -0.3 is 19.4 Å². The molecule has 0 saturated heterocycles. The Labute approximate surface area is 428 Å². The van der Waals surface area contributed by atoms with Crippen LogP contribution in [0.25, 0.3) is 0 Å². The highest BCUT2D eigenvalue weighted by atomic mass is 31.2. The Morgan fingerprint density at radius 2 is 0.841 bits per heavy atom. The molecule has 408 valence electrons. The molecule has 9 nitrogen and oxygen atoms in total. The third-order valence-corrected chi connectivity index (χ3v) is 14.4. The molecule has 1 amide bonds. The fraction of sp³-hybridized carbons (Fsp3) is 0.898. The Balaban J connectivity index is 5.32. The molecule has 0 aromatic carbocycles. The van der Waals surface area contributed by atoms with E-state index in [1.165, 1.54) is 186 Å². The highest BCUT2D eigenvalue weighted by molar-refractivity contribution is 7.47. The second kappa shape index (κ2) is 50.0. The van der Waals surface area contributed by atoms with Gasteiger partial charge in [-0.2, -0.15) is 0 Å². The lowest BCUT2D eigenvalue weighted by Gasteiger charge is -2.27. The quantitative estimate of drug-likeness (QED) is 0.0205. The van der Waals surface area contributed by atoms with E-state index in [1.54, 1.807) is 0 Å². The number of phosphoric ester groups is 1. The van der Waals surface area contributed by atoms with Gasteiger partial charge in [-0.15, -0.1) is 0 Å². The van der Waals surface area contributed by atoms with Crippen LogP contribution in [0.2, 0.25) is 0 Å². The fourth-order valence-corrected chi connectivity index (χ4v) is 9.50. The van der Waals surface area contributed by atoms with Crippen molar-refractivity contribution in [3.8, 4) is 0 Å². The number of amides is 1. The summed E-state index contributed by atoms with van der Waals surface area (Å²) in [6.07, 6.45) is 57.4. The van der Waals surface area contributed by atoms with Crippen molar-refractivity contribution in [2.24, 2.45) is 0 Å². The van der Waals surface area contributed by atoms with Crippen LogP contribution in [0.15, 0.2) is 24.3 Å². The molecular weight excluding hydrogens is 880 g/mol. The van der Waals surface area contributed by atoms with Crippen LogP contribution in [0.3, 0.4) is 0 Å². The summed E-state index contributed by atoms with van der Waals surface area (Å²) in [6.45, 7) is 7.02. The SMILES string of the molecule is CCCCCCCC/C=C\CCCCCC(=O)NC(COP(=O)(O)OCC[N+](C)(C)C)C(/C=C/CCCCCCCCCCCCC)OC(=O)CCCCCCCCCCCCCCCCCCC. The molecule has 0 bridgehead atoms. The number of carbonyl (C=O) groups excluding carboxylic acids is 2. The summed E-state index contributed by atoms with van der Waals surface area (Å²) in [6, 6.07) is -0.849. The first kappa shape index (κ1) is 67.5. The van der Waals surface area contributed by atoms with Gasteiger partial charge in [0.15, 0.2) is 0 Å². The predicted octanol–water partition coefficient (Wildman–Crippen LogP) is 17.8. The molecule has 0 aliphatic heterocycles. The van der Waals surface area contributed by atoms with Gasteiger partial charge in [0.1, 0.15) is 19.3 Å². The summed E-state index contributed by atoms with van der Waals surface area (Å²) in [4.78, 5) is 37.6. The number of likely N-dealkylation sites (N-methyl/N-ethyl adjacent to an activating group) is 1. The van der Waals surface area contributed by atoms with Gasteiger partial charge in [0.25, 0.3) is 0 Å². The monoisotopic (exact) mass is 996 g/mol. The number of phosphoric acid groups is 1. The van der Waals surface area contributed by atoms with E-state index < -0.39 is 20.0 Å². The van der Waals surface area contributed by atoms with Crippen LogP contribution >= 0.6 is 7.82 Å². The van der Waals surface area contributed by atoms with E-state index in [4.69, 9.17) is 13.8 Å². The van der Waals surface area contributed by atoms with Crippen molar-refractivity contribution < 1.29 is 37.3 Å². The molecule has 0 aliphatic rings. The molecule has 0 aromatic rings. The Morgan fingerprint density at radius 3 is 1.25 bits per heavy atom. The van der Waals surface area contributed by atoms with Gasteiger partial charge in [0, 0.05) is 12.8 Å². The number of rotatable bonds is 54. The largest absolute Gasteiger partial charge is 0.472 e. The van der Waals surface area contributed by atoms with Gasteiger partial charge in [-0.3, -0.25) is 18.6 Å². The summed E-state index contributed by atoms with van der Waals surface area (Å²) < 4.78 is 30.6. The van der Waals surface area contributed by atoms with Crippen LogP contribution in [0.1, 0.15) is 290 Å². The van der Waals surface area contributed by atoms with E-state index in [0.717, 1.165) is 70.6 Å². The normalized spacial score (nSPS) is 13.9. The molecule has 0 radical (unpaired) electrons. The lowest BCUT2D eigenvalue weighted by atomic mass is 10.0. The fourth-order valence-electron chi connectivity index (χ4n) is 8.76. The molecule has 0 heterocycles. The first-order chi connectivity index (χ1) is 33.4. The van der Waals surface area contributed by atoms with Gasteiger partial charge in [0.05, 0.1) is 33.8 Å². The Hall–Kier alpha value is -1.51. The highest BCUT2D eigenvalue weighted by Crippen LogP contribution is 2.43. The van der Waals surface area contributed by atoms with Gasteiger partial charge >= 0.3 is 13.8 Å². The van der Waals surface area contributed by atoms with Crippen LogP contribution in [0, 0.1) is 0 Å². The van der Waals surface area contributed by atoms with Crippen molar-refractivity contribution in [2.45, 2.75) is 303 Å². The second-order valence-electron chi connectivity index (χ2n) is 21.5. The topological polar surface area (TPSA) is 111 Å². The summed E-state index contributed by atoms with van der Waals surface area (Å²) in [7, 11) is 1.50. The number of hydrogen-bond donors (Lipinski definition) is 2. The number of allylic oxidation sites excluding steroid dienone is 3. The van der Waals surface area contributed by atoms with Crippen LogP contribution in [0.4, 0.5) is 0 Å². The van der Waals surface area contributed by atoms with E-state index in [2.05, 4.69) is 38.2 Å². The van der Waals surface area contributed by atoms with Gasteiger partial charge in [-0.05, 0) is 57.4 Å². The Kier molecular flexibility index (Phi) is 48.9. The highest BCUT2D eigenvalue weighted by Gasteiger charge is 2.30. The minimum atomic E-state index is -4.44. The standard InChI is InChI=1S/C59H115N2O7P/c1-7-10-13-16-19-22-25-28-29-30-31-34-37-40-43-46-49-52-59(63)68-57(50-47-44-41-38-35-32-26-23-20-17-14-11-8-2)56(55-67-69(64,65)66-54-53-61(4,5)6)60-58(62)51-48-45-42-39-36-33-27-24-21-18-15-12-9-3/h33,36,47,50,56-57H,7-32,34-35,37-46,48-49,51-55H2,1-6H3,(H-,60,62,64,65)/p+1/b36-33-,50-47+. The third-order valence-electron chi connectivity index (χ3n) is 13.4. The zero-order valence-corrected chi connectivity index (χ0v) is 47.5. The number of ether oxygens (including phenoxy) is 1. The number of hydrogen-bond acceptors (Lipinski definition) is 6. The first-order valence-electron chi connectivity index (χ1n) is 29.7. The summed E-state index contributed by atoms with van der Waals surface area (Å²) in [5.41, 5.74) is 0. The molecule has 0 spiro atoms. The number of unbranched alkanes of at least 4 members (excludes halogenated alkanes) is 36. The van der Waals surface area contributed by atoms with Crippen molar-refractivity contribution in [2.75, 3.05) is 40.9 Å². The average Bonchev–Trinajstić information content (AvgIpc) is 3.31. The number of quaternary nitrogens is 1. The lowest BCUT2D eigenvalue weighted by molar-refractivity contribution is -0.870. The van der Waals surface area contributed by atoms with Crippen molar-refractivity contribution in [3.63, 3.8) is 0 Å². The molecule has 10 heteroatoms. The molecule has 0 saturated carbocycles. The lowest BCUT2D eigenvalue weighted by Crippen LogP contribution is -2.47. The predicted molar refractivity (Wildman–Crippen MR) is 296 cm³/mol. The van der Waals surface area contributed by atoms with Gasteiger partial charge in [-0.25, -0.2) is 4.57 Å². The molecule has 3 atom stereocenters. The molecule has 2 N–H and O–H groups in total. The van der Waals surface area contributed by atoms with Crippen LogP contribution in [0.5, 0.6) is 0 Å². The average molecular weight is 997 g/mol. The Morgan fingerprint density at radius 1 is 0.493 bits per heavy atom. The Bertz CT molecular complexity index is 1240. The van der Waals surface area contributed by atoms with Gasteiger partial charge in [0.2, 0.25) is 5.91 Å². The first-order valence-corrected chi connectivity index (χ1v) is 31.2. The zero-order valence-electron chi connectivity index (χ0n) is 46.6. The summed E-state index contributed by atoms with van der Waals surface area (Å²) in [5.74, 6) is -0.510. The van der Waals surface area contributed by atoms with E-state index in [1.807, 2.05) is 33.3 Å². The number of carbonyl (C=O) groups is 2. The second-order valence-corrected chi connectivity index (χ2v) is 23.0. The molecule has 69 heavy (non-hydrogen) atoms. The number of esters is 1. The van der Waals surface area contributed by atoms with E-state index in [9.17, 15) is 19.0 Å². The van der Waals surface area contributed by atoms with Crippen LogP contribution in [-0.2, 0) is 27.9 Å². The number of nitrogens with one attached hydrogen (secondary N) is 1. The van der Waals surface area contributed by atoms with E-state index in [0.29, 0.717) is 23.9 Å². The van der Waals surface area contributed by atoms with Crippen molar-refractivity contribution in [3.05, 3.63) is 24.3 Å². The molecular formula is C59H116N2O7P+. The van der Waals surface area contributed by atoms with Crippen LogP contribution < -0.4 is 5.32 Å². The minimum absolute atomic E-state index is 0.0408. The maximum absolute atomic E-state index is 13.5. The van der Waals surface area contributed by atoms with Crippen molar-refractivity contribution in [1.29, 1.82) is 0 Å². The number of nitrogens with zero attached hydrogens (tertiary/aromatic N) is 1.